The van der Waals surface area contributed by atoms with E-state index in [4.69, 9.17) is 9.47 Å². The fourth-order valence-electron chi connectivity index (χ4n) is 2.06. The molecule has 0 saturated carbocycles. The maximum atomic E-state index is 5.71. The van der Waals surface area contributed by atoms with Gasteiger partial charge in [-0.25, -0.2) is 0 Å². The van der Waals surface area contributed by atoms with Crippen molar-refractivity contribution in [2.45, 2.75) is 52.8 Å². The van der Waals surface area contributed by atoms with Gasteiger partial charge in [0.05, 0.1) is 13.2 Å². The molecule has 0 aliphatic carbocycles. The van der Waals surface area contributed by atoms with Crippen LogP contribution < -0.4 is 9.47 Å². The van der Waals surface area contributed by atoms with Gasteiger partial charge in [-0.15, -0.1) is 0 Å². The third kappa shape index (κ3) is 5.54. The molecule has 0 saturated heterocycles. The van der Waals surface area contributed by atoms with Crippen LogP contribution in [-0.4, -0.2) is 13.2 Å². The molecule has 0 fully saturated rings. The highest BCUT2D eigenvalue weighted by Crippen LogP contribution is 2.40. The van der Waals surface area contributed by atoms with Crippen molar-refractivity contribution >= 4 is 15.9 Å². The van der Waals surface area contributed by atoms with Gasteiger partial charge >= 0.3 is 0 Å². The SMILES string of the molecule is CCOc1ccc(C(Br)CC(C)C(C)(C)C)cc1OCC. The zero-order valence-electron chi connectivity index (χ0n) is 14.2. The molecule has 0 N–H and O–H groups in total. The average Bonchev–Trinajstić information content (AvgIpc) is 2.40. The van der Waals surface area contributed by atoms with Gasteiger partial charge in [0.2, 0.25) is 0 Å². The molecule has 2 unspecified atom stereocenters. The van der Waals surface area contributed by atoms with Crippen LogP contribution in [0.25, 0.3) is 0 Å². The van der Waals surface area contributed by atoms with Gasteiger partial charge in [0.15, 0.2) is 11.5 Å². The van der Waals surface area contributed by atoms with Crippen LogP contribution in [0.3, 0.4) is 0 Å². The largest absolute Gasteiger partial charge is 0.490 e. The Kier molecular flexibility index (Phi) is 7.05. The molecular formula is C18H29BrO2. The lowest BCUT2D eigenvalue weighted by atomic mass is 9.79. The molecule has 3 heteroatoms. The monoisotopic (exact) mass is 356 g/mol. The predicted octanol–water partition coefficient (Wildman–Crippen LogP) is 5.99. The van der Waals surface area contributed by atoms with Gasteiger partial charge in [0.25, 0.3) is 0 Å². The predicted molar refractivity (Wildman–Crippen MR) is 93.7 cm³/mol. The van der Waals surface area contributed by atoms with E-state index in [9.17, 15) is 0 Å². The maximum absolute atomic E-state index is 5.71. The van der Waals surface area contributed by atoms with E-state index in [1.165, 1.54) is 5.56 Å². The summed E-state index contributed by atoms with van der Waals surface area (Å²) in [6.07, 6.45) is 1.10. The molecule has 0 aromatic heterocycles. The number of halogens is 1. The standard InChI is InChI=1S/C18H29BrO2/c1-7-20-16-10-9-14(12-17(16)21-8-2)15(19)11-13(3)18(4,5)6/h9-10,12-13,15H,7-8,11H2,1-6H3. The van der Waals surface area contributed by atoms with E-state index in [-0.39, 0.29) is 0 Å². The zero-order chi connectivity index (χ0) is 16.0. The molecule has 0 radical (unpaired) electrons. The molecule has 2 nitrogen and oxygen atoms in total. The van der Waals surface area contributed by atoms with Gasteiger partial charge in [0.1, 0.15) is 0 Å². The molecule has 1 aromatic rings. The fraction of sp³-hybridized carbons (Fsp3) is 0.667. The second-order valence-electron chi connectivity index (χ2n) is 6.54. The Hall–Kier alpha value is -0.700. The van der Waals surface area contributed by atoms with Gasteiger partial charge in [0, 0.05) is 4.83 Å². The number of hydrogen-bond acceptors (Lipinski definition) is 2. The Morgan fingerprint density at radius 2 is 1.62 bits per heavy atom. The van der Waals surface area contributed by atoms with Gasteiger partial charge in [-0.05, 0) is 49.3 Å². The van der Waals surface area contributed by atoms with E-state index >= 15 is 0 Å². The van der Waals surface area contributed by atoms with Crippen LogP contribution in [0.5, 0.6) is 11.5 Å². The maximum Gasteiger partial charge on any atom is 0.161 e. The van der Waals surface area contributed by atoms with Gasteiger partial charge in [-0.3, -0.25) is 0 Å². The molecule has 1 rings (SSSR count). The summed E-state index contributed by atoms with van der Waals surface area (Å²) >= 11 is 3.83. The fourth-order valence-corrected chi connectivity index (χ4v) is 2.91. The normalized spacial score (nSPS) is 14.6. The average molecular weight is 357 g/mol. The van der Waals surface area contributed by atoms with Crippen LogP contribution in [0.4, 0.5) is 0 Å². The van der Waals surface area contributed by atoms with E-state index in [1.54, 1.807) is 0 Å². The van der Waals surface area contributed by atoms with E-state index in [0.717, 1.165) is 17.9 Å². The minimum Gasteiger partial charge on any atom is -0.490 e. The van der Waals surface area contributed by atoms with Crippen LogP contribution >= 0.6 is 15.9 Å². The van der Waals surface area contributed by atoms with Crippen molar-refractivity contribution in [1.82, 2.24) is 0 Å². The van der Waals surface area contributed by atoms with Crippen LogP contribution in [0.15, 0.2) is 18.2 Å². The summed E-state index contributed by atoms with van der Waals surface area (Å²) in [4.78, 5) is 0.335. The van der Waals surface area contributed by atoms with Gasteiger partial charge < -0.3 is 9.47 Å². The summed E-state index contributed by atoms with van der Waals surface area (Å²) in [6, 6.07) is 6.24. The third-order valence-electron chi connectivity index (χ3n) is 3.97. The molecule has 0 aliphatic heterocycles. The highest BCUT2D eigenvalue weighted by atomic mass is 79.9. The second kappa shape index (κ2) is 8.07. The van der Waals surface area contributed by atoms with Gasteiger partial charge in [-0.1, -0.05) is 49.7 Å². The van der Waals surface area contributed by atoms with Crippen LogP contribution in [0, 0.1) is 11.3 Å². The summed E-state index contributed by atoms with van der Waals surface area (Å²) in [6.45, 7) is 14.5. The molecular weight excluding hydrogens is 328 g/mol. The molecule has 0 spiro atoms. The van der Waals surface area contributed by atoms with Crippen molar-refractivity contribution in [2.24, 2.45) is 11.3 Å². The topological polar surface area (TPSA) is 18.5 Å². The lowest BCUT2D eigenvalue weighted by Crippen LogP contribution is -2.18. The van der Waals surface area contributed by atoms with E-state index < -0.39 is 0 Å². The summed E-state index contributed by atoms with van der Waals surface area (Å²) in [5.74, 6) is 2.29. The Balaban J connectivity index is 2.89. The third-order valence-corrected chi connectivity index (χ3v) is 4.87. The summed E-state index contributed by atoms with van der Waals surface area (Å²) in [7, 11) is 0. The van der Waals surface area contributed by atoms with Crippen molar-refractivity contribution in [3.05, 3.63) is 23.8 Å². The Morgan fingerprint density at radius 1 is 1.05 bits per heavy atom. The number of ether oxygens (including phenoxy) is 2. The minimum atomic E-state index is 0.319. The Morgan fingerprint density at radius 3 is 2.14 bits per heavy atom. The van der Waals surface area contributed by atoms with Crippen LogP contribution in [-0.2, 0) is 0 Å². The first kappa shape index (κ1) is 18.3. The van der Waals surface area contributed by atoms with E-state index in [0.29, 0.717) is 29.4 Å². The van der Waals surface area contributed by atoms with Crippen molar-refractivity contribution in [3.8, 4) is 11.5 Å². The molecule has 0 heterocycles. The zero-order valence-corrected chi connectivity index (χ0v) is 15.8. The van der Waals surface area contributed by atoms with Crippen LogP contribution in [0.1, 0.15) is 58.4 Å². The Labute approximate surface area is 138 Å². The molecule has 2 atom stereocenters. The first-order chi connectivity index (χ1) is 9.79. The summed E-state index contributed by atoms with van der Waals surface area (Å²) in [5, 5.41) is 0. The molecule has 0 amide bonds. The van der Waals surface area contributed by atoms with E-state index in [2.05, 4.69) is 55.8 Å². The lowest BCUT2D eigenvalue weighted by molar-refractivity contribution is 0.246. The number of benzene rings is 1. The number of hydrogen-bond donors (Lipinski definition) is 0. The highest BCUT2D eigenvalue weighted by molar-refractivity contribution is 9.09. The van der Waals surface area contributed by atoms with Gasteiger partial charge in [-0.2, -0.15) is 0 Å². The smallest absolute Gasteiger partial charge is 0.161 e. The first-order valence-corrected chi connectivity index (χ1v) is 8.74. The molecule has 1 aromatic carbocycles. The lowest BCUT2D eigenvalue weighted by Gasteiger charge is -2.29. The van der Waals surface area contributed by atoms with Crippen molar-refractivity contribution in [2.75, 3.05) is 13.2 Å². The van der Waals surface area contributed by atoms with Crippen LogP contribution in [0.2, 0.25) is 0 Å². The molecule has 0 bridgehead atoms. The van der Waals surface area contributed by atoms with Crippen molar-refractivity contribution in [1.29, 1.82) is 0 Å². The number of alkyl halides is 1. The Bertz CT molecular complexity index is 437. The van der Waals surface area contributed by atoms with E-state index in [1.807, 2.05) is 19.9 Å². The molecule has 0 aliphatic rings. The second-order valence-corrected chi connectivity index (χ2v) is 7.65. The minimum absolute atomic E-state index is 0.319. The summed E-state index contributed by atoms with van der Waals surface area (Å²) < 4.78 is 11.3. The molecule has 120 valence electrons. The first-order valence-electron chi connectivity index (χ1n) is 7.83. The molecule has 21 heavy (non-hydrogen) atoms. The number of rotatable bonds is 7. The summed E-state index contributed by atoms with van der Waals surface area (Å²) in [5.41, 5.74) is 1.57. The van der Waals surface area contributed by atoms with Crippen molar-refractivity contribution < 1.29 is 9.47 Å². The highest BCUT2D eigenvalue weighted by Gasteiger charge is 2.23. The van der Waals surface area contributed by atoms with Crippen molar-refractivity contribution in [3.63, 3.8) is 0 Å². The quantitative estimate of drug-likeness (QED) is 0.558.